The predicted octanol–water partition coefficient (Wildman–Crippen LogP) is 11.1. The van der Waals surface area contributed by atoms with E-state index in [1.54, 1.807) is 0 Å². The molecule has 2 heterocycles. The molecule has 254 valence electrons. The lowest BCUT2D eigenvalue weighted by molar-refractivity contribution is 0.487. The molecule has 0 N–H and O–H groups in total. The SMILES string of the molecule is c1ccc(-c2ccc(N(c3ccc4c(c3)[Si]3(c5ccccc5Oc5ccccc53)c3ccccc3S4)c3ccc4c(ccc5ccccc54)c3)cc2)cc1. The van der Waals surface area contributed by atoms with Crippen molar-refractivity contribution in [2.24, 2.45) is 0 Å². The van der Waals surface area contributed by atoms with Gasteiger partial charge < -0.3 is 9.64 Å². The van der Waals surface area contributed by atoms with Crippen LogP contribution in [0.15, 0.2) is 210 Å². The van der Waals surface area contributed by atoms with Crippen molar-refractivity contribution >= 4 is 79.2 Å². The summed E-state index contributed by atoms with van der Waals surface area (Å²) in [6.07, 6.45) is 0. The molecule has 0 unspecified atom stereocenters. The molecule has 1 spiro atoms. The highest BCUT2D eigenvalue weighted by atomic mass is 32.2. The maximum Gasteiger partial charge on any atom is 0.190 e. The highest BCUT2D eigenvalue weighted by Gasteiger charge is 2.52. The van der Waals surface area contributed by atoms with Gasteiger partial charge in [-0.1, -0.05) is 151 Å². The maximum atomic E-state index is 6.69. The van der Waals surface area contributed by atoms with Gasteiger partial charge in [-0.2, -0.15) is 0 Å². The molecule has 0 saturated heterocycles. The summed E-state index contributed by atoms with van der Waals surface area (Å²) in [7, 11) is -2.83. The van der Waals surface area contributed by atoms with Crippen LogP contribution in [0.3, 0.4) is 0 Å². The Kier molecular flexibility index (Phi) is 7.16. The van der Waals surface area contributed by atoms with E-state index in [0.29, 0.717) is 0 Å². The van der Waals surface area contributed by atoms with Crippen molar-refractivity contribution < 1.29 is 4.74 Å². The molecule has 11 rings (SSSR count). The summed E-state index contributed by atoms with van der Waals surface area (Å²) in [6.45, 7) is 0. The number of fused-ring (bicyclic) bond motifs is 11. The summed E-state index contributed by atoms with van der Waals surface area (Å²) in [5, 5.41) is 10.4. The second kappa shape index (κ2) is 12.4. The van der Waals surface area contributed by atoms with Crippen molar-refractivity contribution in [1.29, 1.82) is 0 Å². The molecule has 9 aromatic rings. The molecule has 4 heteroatoms. The van der Waals surface area contributed by atoms with Crippen molar-refractivity contribution in [3.05, 3.63) is 200 Å². The van der Waals surface area contributed by atoms with Crippen molar-refractivity contribution in [1.82, 2.24) is 0 Å². The number of hydrogen-bond donors (Lipinski definition) is 0. The Bertz CT molecular complexity index is 2800. The van der Waals surface area contributed by atoms with E-state index in [4.69, 9.17) is 4.74 Å². The van der Waals surface area contributed by atoms with Crippen LogP contribution in [-0.4, -0.2) is 8.07 Å². The van der Waals surface area contributed by atoms with Gasteiger partial charge in [-0.25, -0.2) is 0 Å². The Morgan fingerprint density at radius 1 is 0.370 bits per heavy atom. The lowest BCUT2D eigenvalue weighted by atomic mass is 10.0. The largest absolute Gasteiger partial charge is 0.458 e. The molecule has 0 fully saturated rings. The first-order valence-corrected chi connectivity index (χ1v) is 21.2. The zero-order valence-electron chi connectivity index (χ0n) is 29.3. The number of hydrogen-bond acceptors (Lipinski definition) is 3. The Hall–Kier alpha value is -6.33. The number of benzene rings is 9. The molecule has 0 bridgehead atoms. The third kappa shape index (κ3) is 4.74. The van der Waals surface area contributed by atoms with Gasteiger partial charge in [-0.05, 0) is 114 Å². The van der Waals surface area contributed by atoms with Crippen LogP contribution in [0.2, 0.25) is 0 Å². The zero-order valence-corrected chi connectivity index (χ0v) is 31.1. The second-order valence-electron chi connectivity index (χ2n) is 14.1. The minimum atomic E-state index is -2.83. The summed E-state index contributed by atoms with van der Waals surface area (Å²) in [6, 6.07) is 73.4. The van der Waals surface area contributed by atoms with E-state index in [1.807, 2.05) is 11.8 Å². The molecule has 2 aliphatic rings. The number of ether oxygens (including phenoxy) is 1. The molecule has 2 aliphatic heterocycles. The topological polar surface area (TPSA) is 12.5 Å². The van der Waals surface area contributed by atoms with Crippen LogP contribution in [0.1, 0.15) is 0 Å². The molecule has 0 amide bonds. The van der Waals surface area contributed by atoms with Gasteiger partial charge in [0.2, 0.25) is 0 Å². The van der Waals surface area contributed by atoms with Gasteiger partial charge in [0.05, 0.1) is 0 Å². The predicted molar refractivity (Wildman–Crippen MR) is 229 cm³/mol. The van der Waals surface area contributed by atoms with E-state index in [-0.39, 0.29) is 0 Å². The van der Waals surface area contributed by atoms with Crippen LogP contribution in [0.5, 0.6) is 11.5 Å². The molecule has 2 nitrogen and oxygen atoms in total. The third-order valence-electron chi connectivity index (χ3n) is 11.2. The Labute approximate surface area is 320 Å². The highest BCUT2D eigenvalue weighted by molar-refractivity contribution is 8.00. The van der Waals surface area contributed by atoms with Crippen LogP contribution in [0.25, 0.3) is 32.7 Å². The van der Waals surface area contributed by atoms with Crippen LogP contribution in [0.4, 0.5) is 17.1 Å². The van der Waals surface area contributed by atoms with Crippen LogP contribution < -0.4 is 30.4 Å². The number of para-hydroxylation sites is 2. The van der Waals surface area contributed by atoms with E-state index in [0.717, 1.165) is 28.6 Å². The summed E-state index contributed by atoms with van der Waals surface area (Å²) in [5.41, 5.74) is 5.78. The monoisotopic (exact) mass is 723 g/mol. The molecule has 0 aromatic heterocycles. The Morgan fingerprint density at radius 3 is 1.72 bits per heavy atom. The Morgan fingerprint density at radius 2 is 0.926 bits per heavy atom. The third-order valence-corrected chi connectivity index (χ3v) is 17.6. The van der Waals surface area contributed by atoms with Gasteiger partial charge in [0.25, 0.3) is 0 Å². The fraction of sp³-hybridized carbons (Fsp3) is 0. The fourth-order valence-electron chi connectivity index (χ4n) is 8.76. The van der Waals surface area contributed by atoms with Gasteiger partial charge in [0.1, 0.15) is 11.5 Å². The summed E-state index contributed by atoms with van der Waals surface area (Å²) in [5.74, 6) is 1.91. The molecule has 54 heavy (non-hydrogen) atoms. The molecular weight excluding hydrogens is 691 g/mol. The summed E-state index contributed by atoms with van der Waals surface area (Å²) < 4.78 is 6.69. The first-order chi connectivity index (χ1) is 26.8. The van der Waals surface area contributed by atoms with E-state index in [2.05, 4.69) is 205 Å². The van der Waals surface area contributed by atoms with Crippen LogP contribution in [0, 0.1) is 0 Å². The quantitative estimate of drug-likeness (QED) is 0.133. The van der Waals surface area contributed by atoms with Crippen molar-refractivity contribution in [3.8, 4) is 22.6 Å². The average molecular weight is 724 g/mol. The van der Waals surface area contributed by atoms with E-state index >= 15 is 0 Å². The van der Waals surface area contributed by atoms with Gasteiger partial charge in [-0.15, -0.1) is 0 Å². The van der Waals surface area contributed by atoms with Crippen molar-refractivity contribution in [2.45, 2.75) is 9.79 Å². The number of nitrogens with zero attached hydrogens (tertiary/aromatic N) is 1. The molecule has 0 atom stereocenters. The van der Waals surface area contributed by atoms with Crippen LogP contribution >= 0.6 is 11.8 Å². The smallest absolute Gasteiger partial charge is 0.190 e. The standard InChI is InChI=1S/C50H33NOSSi/c1-2-12-34(13-3-1)35-24-26-38(27-25-35)51(39-28-30-42-37(32-39)23-22-36-14-4-5-15-41(36)42)40-29-31-46-50(33-40)54(49-21-11-8-18-45(49)53-46)47-19-9-6-16-43(47)52-44-17-7-10-20-48(44)54/h1-33H. The molecular formula is C50H33NOSSi. The normalized spacial score (nSPS) is 13.4. The molecule has 0 aliphatic carbocycles. The molecule has 0 radical (unpaired) electrons. The van der Waals surface area contributed by atoms with Gasteiger partial charge in [0, 0.05) is 26.9 Å². The lowest BCUT2D eigenvalue weighted by Gasteiger charge is -2.43. The van der Waals surface area contributed by atoms with Gasteiger partial charge in [-0.3, -0.25) is 0 Å². The molecule has 0 saturated carbocycles. The highest BCUT2D eigenvalue weighted by Crippen LogP contribution is 2.42. The number of anilines is 3. The van der Waals surface area contributed by atoms with Crippen molar-refractivity contribution in [2.75, 3.05) is 4.90 Å². The van der Waals surface area contributed by atoms with Crippen molar-refractivity contribution in [3.63, 3.8) is 0 Å². The minimum Gasteiger partial charge on any atom is -0.458 e. The van der Waals surface area contributed by atoms with E-state index < -0.39 is 8.07 Å². The second-order valence-corrected chi connectivity index (χ2v) is 18.8. The fourth-order valence-corrected chi connectivity index (χ4v) is 15.9. The van der Waals surface area contributed by atoms with Crippen LogP contribution in [-0.2, 0) is 0 Å². The van der Waals surface area contributed by atoms with E-state index in [9.17, 15) is 0 Å². The maximum absolute atomic E-state index is 6.69. The Balaban J connectivity index is 1.16. The summed E-state index contributed by atoms with van der Waals surface area (Å²) >= 11 is 1.89. The van der Waals surface area contributed by atoms with Gasteiger partial charge in [0.15, 0.2) is 8.07 Å². The van der Waals surface area contributed by atoms with E-state index in [1.165, 1.54) is 63.2 Å². The average Bonchev–Trinajstić information content (AvgIpc) is 3.24. The lowest BCUT2D eigenvalue weighted by Crippen LogP contribution is -2.77. The first kappa shape index (κ1) is 31.2. The number of rotatable bonds is 4. The minimum absolute atomic E-state index is 0.955. The molecule has 9 aromatic carbocycles. The first-order valence-electron chi connectivity index (χ1n) is 18.4. The van der Waals surface area contributed by atoms with Gasteiger partial charge >= 0.3 is 0 Å². The summed E-state index contributed by atoms with van der Waals surface area (Å²) in [4.78, 5) is 5.07. The zero-order chi connectivity index (χ0) is 35.6.